The summed E-state index contributed by atoms with van der Waals surface area (Å²) in [6.07, 6.45) is 0. The lowest BCUT2D eigenvalue weighted by molar-refractivity contribution is -0.122. The van der Waals surface area contributed by atoms with E-state index in [1.54, 1.807) is 7.11 Å². The predicted octanol–water partition coefficient (Wildman–Crippen LogP) is 3.37. The molecule has 2 aromatic carbocycles. The molecule has 0 heterocycles. The highest BCUT2D eigenvalue weighted by molar-refractivity contribution is 5.85. The number of nitrogens with one attached hydrogen (secondary N) is 2. The van der Waals surface area contributed by atoms with Crippen LogP contribution in [0.15, 0.2) is 54.6 Å². The quantitative estimate of drug-likeness (QED) is 0.859. The zero-order valence-corrected chi connectivity index (χ0v) is 13.2. The Morgan fingerprint density at radius 2 is 1.64 bits per heavy atom. The maximum Gasteiger partial charge on any atom is 0.242 e. The van der Waals surface area contributed by atoms with Crippen molar-refractivity contribution in [2.24, 2.45) is 0 Å². The number of carbonyl (C=O) groups is 1. The molecule has 0 aliphatic heterocycles. The Hall–Kier alpha value is -2.49. The van der Waals surface area contributed by atoms with Crippen molar-refractivity contribution >= 4 is 11.6 Å². The Kier molecular flexibility index (Phi) is 5.42. The van der Waals surface area contributed by atoms with Crippen LogP contribution in [0.3, 0.4) is 0 Å². The standard InChI is InChI=1S/C18H22N2O2/c1-13(15-9-5-4-6-10-15)20-18(21)14(2)19-16-11-7-8-12-17(16)22-3/h4-14,19H,1-3H3,(H,20,21). The highest BCUT2D eigenvalue weighted by atomic mass is 16.5. The molecule has 0 aliphatic rings. The monoisotopic (exact) mass is 298 g/mol. The van der Waals surface area contributed by atoms with Gasteiger partial charge >= 0.3 is 0 Å². The third-order valence-electron chi connectivity index (χ3n) is 3.53. The summed E-state index contributed by atoms with van der Waals surface area (Å²) in [6.45, 7) is 3.81. The smallest absolute Gasteiger partial charge is 0.242 e. The topological polar surface area (TPSA) is 50.4 Å². The fourth-order valence-corrected chi connectivity index (χ4v) is 2.23. The molecule has 2 aromatic rings. The van der Waals surface area contributed by atoms with Gasteiger partial charge in [0.25, 0.3) is 0 Å². The van der Waals surface area contributed by atoms with E-state index in [2.05, 4.69) is 10.6 Å². The third-order valence-corrected chi connectivity index (χ3v) is 3.53. The zero-order chi connectivity index (χ0) is 15.9. The van der Waals surface area contributed by atoms with Crippen molar-refractivity contribution in [2.75, 3.05) is 12.4 Å². The zero-order valence-electron chi connectivity index (χ0n) is 13.2. The van der Waals surface area contributed by atoms with E-state index in [-0.39, 0.29) is 18.0 Å². The molecule has 1 amide bonds. The van der Waals surface area contributed by atoms with Crippen molar-refractivity contribution < 1.29 is 9.53 Å². The Morgan fingerprint density at radius 1 is 1.00 bits per heavy atom. The molecule has 4 nitrogen and oxygen atoms in total. The van der Waals surface area contributed by atoms with E-state index in [1.807, 2.05) is 68.4 Å². The van der Waals surface area contributed by atoms with Gasteiger partial charge in [0.1, 0.15) is 11.8 Å². The number of benzene rings is 2. The lowest BCUT2D eigenvalue weighted by Gasteiger charge is -2.20. The van der Waals surface area contributed by atoms with Gasteiger partial charge in [0.2, 0.25) is 5.91 Å². The second-order valence-corrected chi connectivity index (χ2v) is 5.21. The molecule has 0 aliphatic carbocycles. The first-order valence-corrected chi connectivity index (χ1v) is 7.36. The number of para-hydroxylation sites is 2. The average Bonchev–Trinajstić information content (AvgIpc) is 2.56. The maximum atomic E-state index is 12.3. The summed E-state index contributed by atoms with van der Waals surface area (Å²) >= 11 is 0. The molecule has 0 bridgehead atoms. The highest BCUT2D eigenvalue weighted by Crippen LogP contribution is 2.23. The van der Waals surface area contributed by atoms with E-state index in [9.17, 15) is 4.79 Å². The van der Waals surface area contributed by atoms with Gasteiger partial charge in [0.15, 0.2) is 0 Å². The lowest BCUT2D eigenvalue weighted by Crippen LogP contribution is -2.38. The van der Waals surface area contributed by atoms with Crippen molar-refractivity contribution in [1.82, 2.24) is 5.32 Å². The van der Waals surface area contributed by atoms with Gasteiger partial charge < -0.3 is 15.4 Å². The van der Waals surface area contributed by atoms with Crippen molar-refractivity contribution in [2.45, 2.75) is 25.9 Å². The van der Waals surface area contributed by atoms with Crippen molar-refractivity contribution in [3.05, 3.63) is 60.2 Å². The van der Waals surface area contributed by atoms with Crippen LogP contribution in [-0.4, -0.2) is 19.1 Å². The molecule has 2 atom stereocenters. The van der Waals surface area contributed by atoms with Gasteiger partial charge in [-0.1, -0.05) is 42.5 Å². The van der Waals surface area contributed by atoms with Crippen LogP contribution in [0.1, 0.15) is 25.5 Å². The summed E-state index contributed by atoms with van der Waals surface area (Å²) in [5.74, 6) is 0.667. The minimum absolute atomic E-state index is 0.0318. The number of anilines is 1. The molecule has 2 N–H and O–H groups in total. The first kappa shape index (κ1) is 15.9. The molecular weight excluding hydrogens is 276 g/mol. The SMILES string of the molecule is COc1ccccc1NC(C)C(=O)NC(C)c1ccccc1. The van der Waals surface area contributed by atoms with Crippen LogP contribution in [0.5, 0.6) is 5.75 Å². The normalized spacial score (nSPS) is 13.0. The average molecular weight is 298 g/mol. The molecule has 116 valence electrons. The molecule has 0 saturated heterocycles. The van der Waals surface area contributed by atoms with Crippen LogP contribution in [0.25, 0.3) is 0 Å². The van der Waals surface area contributed by atoms with E-state index < -0.39 is 0 Å². The first-order valence-electron chi connectivity index (χ1n) is 7.36. The summed E-state index contributed by atoms with van der Waals surface area (Å²) in [5.41, 5.74) is 1.89. The second kappa shape index (κ2) is 7.50. The molecule has 0 spiro atoms. The van der Waals surface area contributed by atoms with Crippen LogP contribution in [-0.2, 0) is 4.79 Å². The molecule has 2 rings (SSSR count). The Bertz CT molecular complexity index is 613. The molecule has 22 heavy (non-hydrogen) atoms. The summed E-state index contributed by atoms with van der Waals surface area (Å²) < 4.78 is 5.28. The summed E-state index contributed by atoms with van der Waals surface area (Å²) in [5, 5.41) is 6.19. The molecule has 0 radical (unpaired) electrons. The summed E-state index contributed by atoms with van der Waals surface area (Å²) in [6, 6.07) is 17.1. The van der Waals surface area contributed by atoms with Crippen molar-refractivity contribution in [3.8, 4) is 5.75 Å². The molecule has 4 heteroatoms. The minimum atomic E-state index is -0.359. The number of hydrogen-bond donors (Lipinski definition) is 2. The number of carbonyl (C=O) groups excluding carboxylic acids is 1. The number of hydrogen-bond acceptors (Lipinski definition) is 3. The van der Waals surface area contributed by atoms with Crippen LogP contribution in [0.2, 0.25) is 0 Å². The van der Waals surface area contributed by atoms with E-state index in [0.29, 0.717) is 0 Å². The number of methoxy groups -OCH3 is 1. The van der Waals surface area contributed by atoms with Gasteiger partial charge in [0, 0.05) is 0 Å². The Labute approximate surface area is 131 Å². The fourth-order valence-electron chi connectivity index (χ4n) is 2.23. The van der Waals surface area contributed by atoms with Crippen LogP contribution in [0, 0.1) is 0 Å². The molecule has 0 saturated carbocycles. The largest absolute Gasteiger partial charge is 0.495 e. The second-order valence-electron chi connectivity index (χ2n) is 5.21. The van der Waals surface area contributed by atoms with Crippen LogP contribution < -0.4 is 15.4 Å². The molecule has 0 aromatic heterocycles. The summed E-state index contributed by atoms with van der Waals surface area (Å²) in [7, 11) is 1.61. The van der Waals surface area contributed by atoms with E-state index in [4.69, 9.17) is 4.74 Å². The third kappa shape index (κ3) is 4.01. The molecule has 0 fully saturated rings. The van der Waals surface area contributed by atoms with Crippen LogP contribution in [0.4, 0.5) is 5.69 Å². The predicted molar refractivity (Wildman–Crippen MR) is 89.1 cm³/mol. The molecule has 2 unspecified atom stereocenters. The van der Waals surface area contributed by atoms with Crippen molar-refractivity contribution in [1.29, 1.82) is 0 Å². The van der Waals surface area contributed by atoms with E-state index >= 15 is 0 Å². The Morgan fingerprint density at radius 3 is 2.32 bits per heavy atom. The van der Waals surface area contributed by atoms with Gasteiger partial charge in [-0.05, 0) is 31.5 Å². The summed E-state index contributed by atoms with van der Waals surface area (Å²) in [4.78, 5) is 12.3. The van der Waals surface area contributed by atoms with Gasteiger partial charge in [-0.25, -0.2) is 0 Å². The van der Waals surface area contributed by atoms with Gasteiger partial charge in [-0.3, -0.25) is 4.79 Å². The fraction of sp³-hybridized carbons (Fsp3) is 0.278. The maximum absolute atomic E-state index is 12.3. The van der Waals surface area contributed by atoms with E-state index in [0.717, 1.165) is 17.0 Å². The lowest BCUT2D eigenvalue weighted by atomic mass is 10.1. The highest BCUT2D eigenvalue weighted by Gasteiger charge is 2.17. The van der Waals surface area contributed by atoms with Crippen molar-refractivity contribution in [3.63, 3.8) is 0 Å². The minimum Gasteiger partial charge on any atom is -0.495 e. The van der Waals surface area contributed by atoms with Gasteiger partial charge in [0.05, 0.1) is 18.8 Å². The first-order chi connectivity index (χ1) is 10.6. The van der Waals surface area contributed by atoms with Crippen LogP contribution >= 0.6 is 0 Å². The number of rotatable bonds is 6. The van der Waals surface area contributed by atoms with Gasteiger partial charge in [-0.15, -0.1) is 0 Å². The number of amides is 1. The van der Waals surface area contributed by atoms with E-state index in [1.165, 1.54) is 0 Å². The van der Waals surface area contributed by atoms with Gasteiger partial charge in [-0.2, -0.15) is 0 Å². The number of ether oxygens (including phenoxy) is 1. The molecular formula is C18H22N2O2. The Balaban J connectivity index is 1.97.